The van der Waals surface area contributed by atoms with E-state index in [1.807, 2.05) is 11.7 Å². The molecule has 1 unspecified atom stereocenters. The Kier molecular flexibility index (Phi) is 3.80. The third-order valence-corrected chi connectivity index (χ3v) is 4.44. The topological polar surface area (TPSA) is 28.2 Å². The molecule has 1 aliphatic heterocycles. The van der Waals surface area contributed by atoms with Crippen LogP contribution >= 0.6 is 11.3 Å². The number of nitrogens with one attached hydrogen (secondary N) is 1. The summed E-state index contributed by atoms with van der Waals surface area (Å²) < 4.78 is 0. The van der Waals surface area contributed by atoms with E-state index in [-0.39, 0.29) is 0 Å². The highest BCUT2D eigenvalue weighted by Crippen LogP contribution is 2.26. The third-order valence-electron chi connectivity index (χ3n) is 3.68. The Hall–Kier alpha value is -1.39. The maximum absolute atomic E-state index is 4.18. The molecule has 2 heterocycles. The molecule has 0 bridgehead atoms. The van der Waals surface area contributed by atoms with E-state index in [0.29, 0.717) is 6.04 Å². The van der Waals surface area contributed by atoms with Crippen molar-refractivity contribution in [2.75, 3.05) is 11.4 Å². The standard InChI is InChI=1S/C15H19N3S/c1-2-13-9-18(10-14-8-16-11-19-14)15-6-4-3-5-12(15)7-17-13/h3-6,8,11,13,17H,2,7,9-10H2,1H3. The number of benzene rings is 1. The fourth-order valence-corrected chi connectivity index (χ4v) is 3.19. The van der Waals surface area contributed by atoms with E-state index in [1.54, 1.807) is 11.3 Å². The summed E-state index contributed by atoms with van der Waals surface area (Å²) in [6.07, 6.45) is 3.14. The summed E-state index contributed by atoms with van der Waals surface area (Å²) in [4.78, 5) is 7.99. The zero-order valence-electron chi connectivity index (χ0n) is 11.2. The number of hydrogen-bond acceptors (Lipinski definition) is 4. The van der Waals surface area contributed by atoms with Gasteiger partial charge in [0.2, 0.25) is 0 Å². The maximum Gasteiger partial charge on any atom is 0.0794 e. The normalized spacial score (nSPS) is 19.0. The number of rotatable bonds is 3. The van der Waals surface area contributed by atoms with Crippen LogP contribution in [0.5, 0.6) is 0 Å². The van der Waals surface area contributed by atoms with E-state index in [0.717, 1.165) is 26.1 Å². The number of thiazole rings is 1. The molecule has 19 heavy (non-hydrogen) atoms. The lowest BCUT2D eigenvalue weighted by Crippen LogP contribution is -2.37. The van der Waals surface area contributed by atoms with Gasteiger partial charge in [0, 0.05) is 35.9 Å². The number of anilines is 1. The number of hydrogen-bond donors (Lipinski definition) is 1. The lowest BCUT2D eigenvalue weighted by molar-refractivity contribution is 0.502. The van der Waals surface area contributed by atoms with Gasteiger partial charge in [0.15, 0.2) is 0 Å². The average molecular weight is 273 g/mol. The fraction of sp³-hybridized carbons (Fsp3) is 0.400. The van der Waals surface area contributed by atoms with Crippen LogP contribution in [-0.4, -0.2) is 17.6 Å². The first-order chi connectivity index (χ1) is 9.36. The molecule has 0 aliphatic carbocycles. The largest absolute Gasteiger partial charge is 0.365 e. The second kappa shape index (κ2) is 5.72. The van der Waals surface area contributed by atoms with E-state index in [2.05, 4.69) is 46.4 Å². The molecule has 0 spiro atoms. The lowest BCUT2D eigenvalue weighted by atomic mass is 10.1. The van der Waals surface area contributed by atoms with Gasteiger partial charge in [-0.1, -0.05) is 25.1 Å². The van der Waals surface area contributed by atoms with Crippen LogP contribution in [0.1, 0.15) is 23.8 Å². The second-order valence-corrected chi connectivity index (χ2v) is 5.93. The predicted molar refractivity (Wildman–Crippen MR) is 80.5 cm³/mol. The molecule has 0 fully saturated rings. The molecule has 1 N–H and O–H groups in total. The maximum atomic E-state index is 4.18. The van der Waals surface area contributed by atoms with Gasteiger partial charge in [0.25, 0.3) is 0 Å². The summed E-state index contributed by atoms with van der Waals surface area (Å²) in [6.45, 7) is 5.23. The van der Waals surface area contributed by atoms with Gasteiger partial charge in [-0.3, -0.25) is 4.98 Å². The van der Waals surface area contributed by atoms with Gasteiger partial charge in [-0.25, -0.2) is 0 Å². The van der Waals surface area contributed by atoms with E-state index >= 15 is 0 Å². The smallest absolute Gasteiger partial charge is 0.0794 e. The van der Waals surface area contributed by atoms with E-state index in [9.17, 15) is 0 Å². The Bertz CT molecular complexity index is 524. The zero-order chi connectivity index (χ0) is 13.1. The van der Waals surface area contributed by atoms with Gasteiger partial charge in [0.1, 0.15) is 0 Å². The lowest BCUT2D eigenvalue weighted by Gasteiger charge is -2.26. The van der Waals surface area contributed by atoms with Gasteiger partial charge >= 0.3 is 0 Å². The van der Waals surface area contributed by atoms with Crippen molar-refractivity contribution in [2.24, 2.45) is 0 Å². The summed E-state index contributed by atoms with van der Waals surface area (Å²) >= 11 is 1.73. The third kappa shape index (κ3) is 2.80. The van der Waals surface area contributed by atoms with Crippen LogP contribution in [-0.2, 0) is 13.1 Å². The first kappa shape index (κ1) is 12.6. The Morgan fingerprint density at radius 2 is 2.32 bits per heavy atom. The van der Waals surface area contributed by atoms with Crippen LogP contribution in [0.2, 0.25) is 0 Å². The Morgan fingerprint density at radius 3 is 3.11 bits per heavy atom. The number of fused-ring (bicyclic) bond motifs is 1. The average Bonchev–Trinajstić information content (AvgIpc) is 2.88. The van der Waals surface area contributed by atoms with Crippen molar-refractivity contribution in [1.82, 2.24) is 10.3 Å². The van der Waals surface area contributed by atoms with E-state index in [4.69, 9.17) is 0 Å². The van der Waals surface area contributed by atoms with Crippen molar-refractivity contribution < 1.29 is 0 Å². The summed E-state index contributed by atoms with van der Waals surface area (Å²) in [5.41, 5.74) is 4.66. The minimum absolute atomic E-state index is 0.556. The van der Waals surface area contributed by atoms with Gasteiger partial charge in [0.05, 0.1) is 12.1 Å². The minimum Gasteiger partial charge on any atom is -0.365 e. The molecule has 100 valence electrons. The molecule has 0 amide bonds. The summed E-state index contributed by atoms with van der Waals surface area (Å²) in [6, 6.07) is 9.26. The van der Waals surface area contributed by atoms with Gasteiger partial charge in [-0.15, -0.1) is 11.3 Å². The highest BCUT2D eigenvalue weighted by atomic mass is 32.1. The van der Waals surface area contributed by atoms with E-state index < -0.39 is 0 Å². The molecule has 0 radical (unpaired) electrons. The van der Waals surface area contributed by atoms with Crippen LogP contribution in [0, 0.1) is 0 Å². The van der Waals surface area contributed by atoms with Crippen LogP contribution in [0.4, 0.5) is 5.69 Å². The summed E-state index contributed by atoms with van der Waals surface area (Å²) in [7, 11) is 0. The van der Waals surface area contributed by atoms with Gasteiger partial charge in [-0.05, 0) is 18.1 Å². The number of aromatic nitrogens is 1. The van der Waals surface area contributed by atoms with Gasteiger partial charge in [-0.2, -0.15) is 0 Å². The van der Waals surface area contributed by atoms with Crippen molar-refractivity contribution in [2.45, 2.75) is 32.5 Å². The monoisotopic (exact) mass is 273 g/mol. The van der Waals surface area contributed by atoms with E-state index in [1.165, 1.54) is 16.1 Å². The van der Waals surface area contributed by atoms with Crippen molar-refractivity contribution in [3.05, 3.63) is 46.4 Å². The van der Waals surface area contributed by atoms with Crippen molar-refractivity contribution in [3.63, 3.8) is 0 Å². The molecule has 3 nitrogen and oxygen atoms in total. The minimum atomic E-state index is 0.556. The molecule has 3 rings (SSSR count). The molecule has 1 aromatic heterocycles. The van der Waals surface area contributed by atoms with Crippen LogP contribution in [0.25, 0.3) is 0 Å². The molecular weight excluding hydrogens is 254 g/mol. The molecule has 1 aliphatic rings. The molecule has 0 saturated heterocycles. The summed E-state index contributed by atoms with van der Waals surface area (Å²) in [5.74, 6) is 0. The zero-order valence-corrected chi connectivity index (χ0v) is 12.0. The SMILES string of the molecule is CCC1CN(Cc2cncs2)c2ccccc2CN1. The number of para-hydroxylation sites is 1. The Balaban J connectivity index is 1.89. The van der Waals surface area contributed by atoms with Crippen LogP contribution < -0.4 is 10.2 Å². The molecule has 1 atom stereocenters. The van der Waals surface area contributed by atoms with Gasteiger partial charge < -0.3 is 10.2 Å². The van der Waals surface area contributed by atoms with Crippen LogP contribution in [0.3, 0.4) is 0 Å². The number of nitrogens with zero attached hydrogens (tertiary/aromatic N) is 2. The second-order valence-electron chi connectivity index (χ2n) is 4.96. The quantitative estimate of drug-likeness (QED) is 0.931. The highest BCUT2D eigenvalue weighted by Gasteiger charge is 2.20. The fourth-order valence-electron chi connectivity index (χ4n) is 2.58. The Labute approximate surface area is 118 Å². The first-order valence-electron chi connectivity index (χ1n) is 6.80. The van der Waals surface area contributed by atoms with Crippen LogP contribution in [0.15, 0.2) is 36.0 Å². The predicted octanol–water partition coefficient (Wildman–Crippen LogP) is 3.03. The summed E-state index contributed by atoms with van der Waals surface area (Å²) in [5, 5.41) is 3.64. The molecule has 0 saturated carbocycles. The molecule has 2 aromatic rings. The van der Waals surface area contributed by atoms with Crippen molar-refractivity contribution in [3.8, 4) is 0 Å². The molecule has 4 heteroatoms. The molecule has 1 aromatic carbocycles. The Morgan fingerprint density at radius 1 is 1.42 bits per heavy atom. The van der Waals surface area contributed by atoms with Crippen molar-refractivity contribution in [1.29, 1.82) is 0 Å². The first-order valence-corrected chi connectivity index (χ1v) is 7.68. The molecular formula is C15H19N3S. The van der Waals surface area contributed by atoms with Crippen molar-refractivity contribution >= 4 is 17.0 Å². The highest BCUT2D eigenvalue weighted by molar-refractivity contribution is 7.09.